The maximum atomic E-state index is 5.79. The van der Waals surface area contributed by atoms with Gasteiger partial charge < -0.3 is 14.6 Å². The number of hydrogen-bond donors (Lipinski definition) is 1. The molecule has 0 bridgehead atoms. The molecule has 3 heterocycles. The zero-order chi connectivity index (χ0) is 13.4. The Hall–Kier alpha value is -0.760. The van der Waals surface area contributed by atoms with Crippen LogP contribution in [0, 0.1) is 4.77 Å². The first-order chi connectivity index (χ1) is 9.13. The van der Waals surface area contributed by atoms with Crippen molar-refractivity contribution in [3.8, 4) is 0 Å². The lowest BCUT2D eigenvalue weighted by Gasteiger charge is -2.30. The summed E-state index contributed by atoms with van der Waals surface area (Å²) in [5.41, 5.74) is 1.83. The largest absolute Gasteiger partial charge is 0.374 e. The molecule has 1 fully saturated rings. The number of nitrogens with one attached hydrogen (secondary N) is 1. The molecule has 1 atom stereocenters. The summed E-state index contributed by atoms with van der Waals surface area (Å²) in [6, 6.07) is 1.99. The third-order valence-corrected chi connectivity index (χ3v) is 4.06. The molecule has 19 heavy (non-hydrogen) atoms. The van der Waals surface area contributed by atoms with Crippen LogP contribution < -0.4 is 0 Å². The summed E-state index contributed by atoms with van der Waals surface area (Å²) in [5.74, 6) is 0. The quantitative estimate of drug-likeness (QED) is 0.849. The van der Waals surface area contributed by atoms with Crippen LogP contribution in [0.25, 0.3) is 11.2 Å². The van der Waals surface area contributed by atoms with Crippen LogP contribution in [-0.2, 0) is 11.3 Å². The van der Waals surface area contributed by atoms with E-state index in [1.54, 1.807) is 6.20 Å². The van der Waals surface area contributed by atoms with Gasteiger partial charge in [-0.05, 0) is 41.3 Å². The molecular formula is C12H15BrN4OS. The summed E-state index contributed by atoms with van der Waals surface area (Å²) in [6.45, 7) is 3.42. The van der Waals surface area contributed by atoms with E-state index in [4.69, 9.17) is 17.0 Å². The highest BCUT2D eigenvalue weighted by atomic mass is 79.9. The number of ether oxygens (including phenoxy) is 1. The van der Waals surface area contributed by atoms with Crippen LogP contribution in [0.4, 0.5) is 0 Å². The molecule has 2 aromatic heterocycles. The molecule has 7 heteroatoms. The minimum atomic E-state index is 0.162. The Morgan fingerprint density at radius 1 is 1.63 bits per heavy atom. The second kappa shape index (κ2) is 5.32. The number of nitrogens with zero attached hydrogens (tertiary/aromatic N) is 3. The van der Waals surface area contributed by atoms with E-state index in [1.807, 2.05) is 10.6 Å². The van der Waals surface area contributed by atoms with E-state index in [-0.39, 0.29) is 6.10 Å². The van der Waals surface area contributed by atoms with Gasteiger partial charge in [-0.2, -0.15) is 0 Å². The first kappa shape index (κ1) is 13.2. The smallest absolute Gasteiger partial charge is 0.179 e. The number of imidazole rings is 1. The van der Waals surface area contributed by atoms with Crippen molar-refractivity contribution in [1.82, 2.24) is 19.4 Å². The summed E-state index contributed by atoms with van der Waals surface area (Å²) < 4.78 is 9.44. The van der Waals surface area contributed by atoms with E-state index in [2.05, 4.69) is 37.8 Å². The third kappa shape index (κ3) is 2.74. The predicted octanol–water partition coefficient (Wildman–Crippen LogP) is 2.19. The van der Waals surface area contributed by atoms with Crippen molar-refractivity contribution in [2.24, 2.45) is 0 Å². The Morgan fingerprint density at radius 3 is 3.26 bits per heavy atom. The summed E-state index contributed by atoms with van der Waals surface area (Å²) >= 11 is 8.79. The van der Waals surface area contributed by atoms with E-state index < -0.39 is 0 Å². The van der Waals surface area contributed by atoms with Crippen LogP contribution in [0.1, 0.15) is 0 Å². The molecular weight excluding hydrogens is 328 g/mol. The molecule has 1 N–H and O–H groups in total. The Kier molecular flexibility index (Phi) is 3.70. The summed E-state index contributed by atoms with van der Waals surface area (Å²) in [6.07, 6.45) is 1.95. The Morgan fingerprint density at radius 2 is 2.47 bits per heavy atom. The lowest BCUT2D eigenvalue weighted by molar-refractivity contribution is -0.0271. The number of morpholine rings is 1. The highest BCUT2D eigenvalue weighted by Crippen LogP contribution is 2.18. The molecule has 5 nitrogen and oxygen atoms in total. The second-order valence-corrected chi connectivity index (χ2v) is 6.12. The van der Waals surface area contributed by atoms with Gasteiger partial charge in [0.1, 0.15) is 0 Å². The van der Waals surface area contributed by atoms with Crippen LogP contribution in [0.5, 0.6) is 0 Å². The van der Waals surface area contributed by atoms with Gasteiger partial charge in [-0.1, -0.05) is 0 Å². The van der Waals surface area contributed by atoms with Crippen LogP contribution in [0.2, 0.25) is 0 Å². The maximum absolute atomic E-state index is 5.79. The van der Waals surface area contributed by atoms with Crippen molar-refractivity contribution < 1.29 is 4.74 Å². The highest BCUT2D eigenvalue weighted by Gasteiger charge is 2.19. The maximum Gasteiger partial charge on any atom is 0.179 e. The summed E-state index contributed by atoms with van der Waals surface area (Å²) in [5, 5.41) is 0. The fourth-order valence-corrected chi connectivity index (χ4v) is 2.97. The molecule has 1 unspecified atom stereocenters. The number of H-pyrrole nitrogens is 1. The number of fused-ring (bicyclic) bond motifs is 1. The van der Waals surface area contributed by atoms with Gasteiger partial charge in [0.15, 0.2) is 10.4 Å². The lowest BCUT2D eigenvalue weighted by atomic mass is 10.3. The average Bonchev–Trinajstić information content (AvgIpc) is 2.65. The molecule has 0 spiro atoms. The number of aromatic amines is 1. The van der Waals surface area contributed by atoms with Crippen LogP contribution >= 0.6 is 28.1 Å². The first-order valence-corrected chi connectivity index (χ1v) is 7.38. The first-order valence-electron chi connectivity index (χ1n) is 6.17. The van der Waals surface area contributed by atoms with E-state index in [0.717, 1.165) is 41.9 Å². The number of pyridine rings is 1. The Balaban J connectivity index is 1.92. The molecule has 0 amide bonds. The van der Waals surface area contributed by atoms with Crippen molar-refractivity contribution in [2.75, 3.05) is 26.7 Å². The van der Waals surface area contributed by atoms with Crippen molar-refractivity contribution in [2.45, 2.75) is 12.6 Å². The number of rotatable bonds is 2. The highest BCUT2D eigenvalue weighted by molar-refractivity contribution is 9.10. The zero-order valence-electron chi connectivity index (χ0n) is 10.6. The monoisotopic (exact) mass is 342 g/mol. The van der Waals surface area contributed by atoms with Gasteiger partial charge in [0.25, 0.3) is 0 Å². The van der Waals surface area contributed by atoms with E-state index in [1.165, 1.54) is 0 Å². The molecule has 0 aliphatic carbocycles. The number of hydrogen-bond acceptors (Lipinski definition) is 4. The van der Waals surface area contributed by atoms with Crippen molar-refractivity contribution >= 4 is 39.3 Å². The van der Waals surface area contributed by atoms with Gasteiger partial charge in [-0.3, -0.25) is 4.57 Å². The molecule has 0 aromatic carbocycles. The molecule has 1 aliphatic heterocycles. The van der Waals surface area contributed by atoms with E-state index in [0.29, 0.717) is 4.77 Å². The average molecular weight is 343 g/mol. The van der Waals surface area contributed by atoms with E-state index in [9.17, 15) is 0 Å². The fourth-order valence-electron chi connectivity index (χ4n) is 2.37. The molecule has 1 saturated heterocycles. The van der Waals surface area contributed by atoms with Gasteiger partial charge in [0, 0.05) is 23.8 Å². The zero-order valence-corrected chi connectivity index (χ0v) is 13.0. The van der Waals surface area contributed by atoms with Gasteiger partial charge in [-0.25, -0.2) is 4.98 Å². The number of halogens is 1. The SMILES string of the molecule is CN1CCOC(Cn2c(=S)[nH]c3cc(Br)cnc32)C1. The number of likely N-dealkylation sites (N-methyl/N-ethyl adjacent to an activating group) is 1. The molecule has 102 valence electrons. The number of aromatic nitrogens is 3. The summed E-state index contributed by atoms with van der Waals surface area (Å²) in [7, 11) is 2.11. The van der Waals surface area contributed by atoms with Gasteiger partial charge in [0.2, 0.25) is 0 Å². The molecule has 0 saturated carbocycles. The van der Waals surface area contributed by atoms with Crippen molar-refractivity contribution in [1.29, 1.82) is 0 Å². The van der Waals surface area contributed by atoms with Crippen LogP contribution in [0.15, 0.2) is 16.7 Å². The lowest BCUT2D eigenvalue weighted by Crippen LogP contribution is -2.42. The third-order valence-electron chi connectivity index (χ3n) is 3.30. The van der Waals surface area contributed by atoms with E-state index >= 15 is 0 Å². The van der Waals surface area contributed by atoms with Crippen molar-refractivity contribution in [3.05, 3.63) is 21.5 Å². The van der Waals surface area contributed by atoms with Crippen LogP contribution in [0.3, 0.4) is 0 Å². The Bertz CT molecular complexity index is 653. The van der Waals surface area contributed by atoms with Crippen molar-refractivity contribution in [3.63, 3.8) is 0 Å². The minimum absolute atomic E-state index is 0.162. The van der Waals surface area contributed by atoms with Gasteiger partial charge in [0.05, 0.1) is 24.8 Å². The minimum Gasteiger partial charge on any atom is -0.374 e. The molecule has 3 rings (SSSR count). The Labute approximate surface area is 124 Å². The van der Waals surface area contributed by atoms with Gasteiger partial charge >= 0.3 is 0 Å². The topological polar surface area (TPSA) is 46.1 Å². The van der Waals surface area contributed by atoms with Gasteiger partial charge in [-0.15, -0.1) is 0 Å². The fraction of sp³-hybridized carbons (Fsp3) is 0.500. The standard InChI is InChI=1S/C12H15BrN4OS/c1-16-2-3-18-9(6-16)7-17-11-10(15-12(17)19)4-8(13)5-14-11/h4-5,9H,2-3,6-7H2,1H3,(H,15,19). The summed E-state index contributed by atoms with van der Waals surface area (Å²) in [4.78, 5) is 9.89. The second-order valence-electron chi connectivity index (χ2n) is 4.82. The molecule has 1 aliphatic rings. The van der Waals surface area contributed by atoms with Crippen LogP contribution in [-0.4, -0.2) is 52.3 Å². The normalized spacial score (nSPS) is 21.1. The molecule has 0 radical (unpaired) electrons. The predicted molar refractivity (Wildman–Crippen MR) is 79.9 cm³/mol. The molecule has 2 aromatic rings.